The van der Waals surface area contributed by atoms with Crippen LogP contribution in [-0.2, 0) is 20.0 Å². The van der Waals surface area contributed by atoms with Crippen LogP contribution in [0.2, 0.25) is 0 Å². The Morgan fingerprint density at radius 2 is 1.81 bits per heavy atom. The van der Waals surface area contributed by atoms with Gasteiger partial charge in [0, 0.05) is 23.7 Å². The van der Waals surface area contributed by atoms with Crippen LogP contribution >= 0.6 is 0 Å². The zero-order chi connectivity index (χ0) is 26.1. The molecule has 0 amide bonds. The first-order valence-corrected chi connectivity index (χ1v) is 15.6. The van der Waals surface area contributed by atoms with Crippen molar-refractivity contribution in [3.63, 3.8) is 0 Å². The summed E-state index contributed by atoms with van der Waals surface area (Å²) in [5, 5.41) is 0.362. The van der Waals surface area contributed by atoms with E-state index in [1.54, 1.807) is 36.5 Å². The molecule has 12 heteroatoms. The van der Waals surface area contributed by atoms with Crippen molar-refractivity contribution < 1.29 is 16.8 Å². The monoisotopic (exact) mass is 542 g/mol. The minimum atomic E-state index is -3.86. The van der Waals surface area contributed by atoms with Crippen molar-refractivity contribution >= 4 is 48.1 Å². The molecule has 0 spiro atoms. The molecule has 3 N–H and O–H groups in total. The molecule has 0 saturated heterocycles. The van der Waals surface area contributed by atoms with Gasteiger partial charge in [-0.1, -0.05) is 31.0 Å². The number of imidazole rings is 1. The molecule has 3 heterocycles. The fraction of sp³-hybridized carbons (Fsp3) is 0.440. The summed E-state index contributed by atoms with van der Waals surface area (Å²) < 4.78 is 58.2. The van der Waals surface area contributed by atoms with Crippen LogP contribution in [0, 0.1) is 12.8 Å². The number of benzene rings is 1. The van der Waals surface area contributed by atoms with E-state index in [2.05, 4.69) is 21.6 Å². The SMILES string of the molecule is CC[C@H]1C[C@H](NS(=O)(=O)C2CC2)C[C@H]1n1c(N)nc2cnc3c(ccn3S(=O)(=O)c3ccc(C)cc3)c21. The fourth-order valence-corrected chi connectivity index (χ4v) is 8.59. The van der Waals surface area contributed by atoms with Gasteiger partial charge in [-0.15, -0.1) is 0 Å². The summed E-state index contributed by atoms with van der Waals surface area (Å²) in [7, 11) is -7.17. The van der Waals surface area contributed by atoms with E-state index in [0.29, 0.717) is 35.3 Å². The van der Waals surface area contributed by atoms with Gasteiger partial charge in [0.1, 0.15) is 5.52 Å². The molecule has 2 fully saturated rings. The summed E-state index contributed by atoms with van der Waals surface area (Å²) in [6.07, 6.45) is 6.65. The van der Waals surface area contributed by atoms with Gasteiger partial charge in [0.25, 0.3) is 10.0 Å². The highest BCUT2D eigenvalue weighted by Gasteiger charge is 2.42. The lowest BCUT2D eigenvalue weighted by atomic mass is 10.00. The number of sulfonamides is 1. The predicted molar refractivity (Wildman–Crippen MR) is 142 cm³/mol. The minimum Gasteiger partial charge on any atom is -0.369 e. The summed E-state index contributed by atoms with van der Waals surface area (Å²) in [5.41, 5.74) is 8.99. The number of pyridine rings is 1. The summed E-state index contributed by atoms with van der Waals surface area (Å²) in [6, 6.07) is 8.18. The molecule has 0 bridgehead atoms. The van der Waals surface area contributed by atoms with Gasteiger partial charge < -0.3 is 10.3 Å². The molecule has 10 nitrogen and oxygen atoms in total. The van der Waals surface area contributed by atoms with Gasteiger partial charge in [0.15, 0.2) is 5.65 Å². The Morgan fingerprint density at radius 3 is 2.49 bits per heavy atom. The normalized spacial score (nSPS) is 22.8. The molecule has 3 aromatic heterocycles. The molecule has 0 unspecified atom stereocenters. The van der Waals surface area contributed by atoms with E-state index in [0.717, 1.165) is 30.3 Å². The number of nitrogens with zero attached hydrogens (tertiary/aromatic N) is 4. The van der Waals surface area contributed by atoms with Crippen molar-refractivity contribution in [2.24, 2.45) is 5.92 Å². The second kappa shape index (κ2) is 8.53. The third kappa shape index (κ3) is 4.02. The number of nitrogens with two attached hydrogens (primary N) is 1. The maximum atomic E-state index is 13.4. The number of aromatic nitrogens is 4. The van der Waals surface area contributed by atoms with Crippen molar-refractivity contribution in [1.29, 1.82) is 0 Å². The molecule has 1 aromatic carbocycles. The van der Waals surface area contributed by atoms with E-state index in [1.165, 1.54) is 10.2 Å². The minimum absolute atomic E-state index is 0.0791. The first kappa shape index (κ1) is 24.4. The van der Waals surface area contributed by atoms with Crippen LogP contribution in [0.25, 0.3) is 22.1 Å². The maximum Gasteiger partial charge on any atom is 0.269 e. The topological polar surface area (TPSA) is 142 Å². The number of rotatable bonds is 7. The molecule has 196 valence electrons. The van der Waals surface area contributed by atoms with Crippen LogP contribution in [0.15, 0.2) is 47.6 Å². The van der Waals surface area contributed by atoms with Gasteiger partial charge in [0.2, 0.25) is 16.0 Å². The quantitative estimate of drug-likeness (QED) is 0.365. The van der Waals surface area contributed by atoms with Gasteiger partial charge in [-0.3, -0.25) is 0 Å². The smallest absolute Gasteiger partial charge is 0.269 e. The van der Waals surface area contributed by atoms with E-state index in [4.69, 9.17) is 5.73 Å². The molecule has 0 aliphatic heterocycles. The number of hydrogen-bond acceptors (Lipinski definition) is 7. The lowest BCUT2D eigenvalue weighted by molar-refractivity contribution is 0.381. The summed E-state index contributed by atoms with van der Waals surface area (Å²) in [4.78, 5) is 9.16. The number of anilines is 1. The van der Waals surface area contributed by atoms with Crippen molar-refractivity contribution in [1.82, 2.24) is 23.2 Å². The Bertz CT molecular complexity index is 1720. The largest absolute Gasteiger partial charge is 0.369 e. The van der Waals surface area contributed by atoms with E-state index in [1.807, 2.05) is 11.5 Å². The number of hydrogen-bond donors (Lipinski definition) is 2. The Labute approximate surface area is 216 Å². The van der Waals surface area contributed by atoms with Gasteiger partial charge in [-0.05, 0) is 56.7 Å². The van der Waals surface area contributed by atoms with Crippen LogP contribution in [0.1, 0.15) is 50.6 Å². The Balaban J connectivity index is 1.44. The zero-order valence-electron chi connectivity index (χ0n) is 20.7. The lowest BCUT2D eigenvalue weighted by Crippen LogP contribution is -2.35. The Hall–Kier alpha value is -2.96. The Kier molecular flexibility index (Phi) is 5.62. The number of nitrogens with one attached hydrogen (secondary N) is 1. The molecule has 2 aliphatic carbocycles. The first-order valence-electron chi connectivity index (χ1n) is 12.6. The van der Waals surface area contributed by atoms with Crippen LogP contribution in [0.4, 0.5) is 5.95 Å². The van der Waals surface area contributed by atoms with Crippen molar-refractivity contribution in [3.05, 3.63) is 48.3 Å². The van der Waals surface area contributed by atoms with E-state index in [9.17, 15) is 16.8 Å². The molecular weight excluding hydrogens is 512 g/mol. The van der Waals surface area contributed by atoms with Crippen LogP contribution in [0.5, 0.6) is 0 Å². The molecule has 2 saturated carbocycles. The summed E-state index contributed by atoms with van der Waals surface area (Å²) >= 11 is 0. The lowest BCUT2D eigenvalue weighted by Gasteiger charge is -2.21. The molecule has 4 aromatic rings. The third-order valence-electron chi connectivity index (χ3n) is 7.74. The molecule has 2 aliphatic rings. The molecule has 0 radical (unpaired) electrons. The van der Waals surface area contributed by atoms with Crippen molar-refractivity contribution in [2.75, 3.05) is 5.73 Å². The van der Waals surface area contributed by atoms with Crippen LogP contribution in [0.3, 0.4) is 0 Å². The average Bonchev–Trinajstić information content (AvgIpc) is 3.39. The van der Waals surface area contributed by atoms with Gasteiger partial charge in [-0.2, -0.15) is 0 Å². The predicted octanol–water partition coefficient (Wildman–Crippen LogP) is 3.33. The van der Waals surface area contributed by atoms with Gasteiger partial charge in [0.05, 0.1) is 21.9 Å². The highest BCUT2D eigenvalue weighted by atomic mass is 32.2. The van der Waals surface area contributed by atoms with E-state index >= 15 is 0 Å². The summed E-state index contributed by atoms with van der Waals surface area (Å²) in [6.45, 7) is 3.99. The van der Waals surface area contributed by atoms with Gasteiger partial charge >= 0.3 is 0 Å². The molecular formula is C25H30N6O4S2. The number of fused-ring (bicyclic) bond motifs is 3. The van der Waals surface area contributed by atoms with E-state index < -0.39 is 20.0 Å². The second-order valence-electron chi connectivity index (χ2n) is 10.3. The standard InChI is InChI=1S/C25H30N6O4S2/c1-3-16-12-17(29-36(32,33)18-8-9-18)13-22(16)31-23-20-10-11-30(24(20)27-14-21(23)28-25(31)26)37(34,35)19-6-4-15(2)5-7-19/h4-7,10-11,14,16-18,22,29H,3,8-9,12-13H2,1-2H3,(H2,26,28)/t16-,17-,22+/m0/s1. The average molecular weight is 543 g/mol. The van der Waals surface area contributed by atoms with Crippen molar-refractivity contribution in [3.8, 4) is 0 Å². The number of aryl methyl sites for hydroxylation is 1. The van der Waals surface area contributed by atoms with Gasteiger partial charge in [-0.25, -0.2) is 35.5 Å². The van der Waals surface area contributed by atoms with Crippen molar-refractivity contribution in [2.45, 2.75) is 68.2 Å². The first-order chi connectivity index (χ1) is 17.6. The molecule has 37 heavy (non-hydrogen) atoms. The fourth-order valence-electron chi connectivity index (χ4n) is 5.68. The highest BCUT2D eigenvalue weighted by molar-refractivity contribution is 7.90. The van der Waals surface area contributed by atoms with Crippen LogP contribution in [-0.4, -0.2) is 46.6 Å². The highest BCUT2D eigenvalue weighted by Crippen LogP contribution is 2.43. The number of nitrogen functional groups attached to an aromatic ring is 1. The Morgan fingerprint density at radius 1 is 1.08 bits per heavy atom. The second-order valence-corrected chi connectivity index (χ2v) is 14.1. The van der Waals surface area contributed by atoms with E-state index in [-0.39, 0.29) is 28.1 Å². The molecule has 6 rings (SSSR count). The maximum absolute atomic E-state index is 13.4. The third-order valence-corrected chi connectivity index (χ3v) is 11.4. The molecule has 3 atom stereocenters. The van der Waals surface area contributed by atoms with Crippen LogP contribution < -0.4 is 10.5 Å². The zero-order valence-corrected chi connectivity index (χ0v) is 22.3. The summed E-state index contributed by atoms with van der Waals surface area (Å²) in [5.74, 6) is 0.501.